The van der Waals surface area contributed by atoms with Crippen LogP contribution in [-0.4, -0.2) is 48.3 Å². The highest BCUT2D eigenvalue weighted by molar-refractivity contribution is 5.79. The minimum Gasteiger partial charge on any atom is -0.494 e. The van der Waals surface area contributed by atoms with Crippen LogP contribution in [0.5, 0.6) is 5.75 Å². The fraction of sp³-hybridized carbons (Fsp3) is 0.480. The quantitative estimate of drug-likeness (QED) is 0.711. The molecule has 3 atom stereocenters. The van der Waals surface area contributed by atoms with Gasteiger partial charge in [0.05, 0.1) is 19.6 Å². The Morgan fingerprint density at radius 3 is 2.65 bits per heavy atom. The Bertz CT molecular complexity index is 911. The van der Waals surface area contributed by atoms with E-state index in [1.54, 1.807) is 11.0 Å². The van der Waals surface area contributed by atoms with Gasteiger partial charge in [-0.25, -0.2) is 4.39 Å². The van der Waals surface area contributed by atoms with Crippen molar-refractivity contribution in [2.45, 2.75) is 56.7 Å². The number of amides is 1. The zero-order valence-corrected chi connectivity index (χ0v) is 18.2. The Labute approximate surface area is 183 Å². The predicted molar refractivity (Wildman–Crippen MR) is 118 cm³/mol. The Morgan fingerprint density at radius 2 is 1.97 bits per heavy atom. The zero-order valence-electron chi connectivity index (χ0n) is 18.2. The smallest absolute Gasteiger partial charge is 0.227 e. The van der Waals surface area contributed by atoms with E-state index in [0.29, 0.717) is 31.5 Å². The van der Waals surface area contributed by atoms with Crippen LogP contribution in [0.25, 0.3) is 0 Å². The molecular weight excluding hydrogens is 395 g/mol. The van der Waals surface area contributed by atoms with Crippen LogP contribution in [-0.2, 0) is 11.2 Å². The van der Waals surface area contributed by atoms with E-state index in [4.69, 9.17) is 4.74 Å². The van der Waals surface area contributed by atoms with Gasteiger partial charge in [0, 0.05) is 25.2 Å². The molecule has 2 aromatic rings. The number of methoxy groups -OCH3 is 1. The number of rotatable bonds is 7. The lowest BCUT2D eigenvalue weighted by Gasteiger charge is -2.35. The van der Waals surface area contributed by atoms with E-state index in [1.807, 2.05) is 6.07 Å². The predicted octanol–water partition coefficient (Wildman–Crippen LogP) is 3.57. The Balaban J connectivity index is 1.29. The van der Waals surface area contributed by atoms with Crippen LogP contribution in [0.3, 0.4) is 0 Å². The Kier molecular flexibility index (Phi) is 6.58. The monoisotopic (exact) mass is 426 g/mol. The van der Waals surface area contributed by atoms with Crippen molar-refractivity contribution in [1.29, 1.82) is 0 Å². The van der Waals surface area contributed by atoms with E-state index >= 15 is 0 Å². The molecule has 0 spiro atoms. The first-order valence-electron chi connectivity index (χ1n) is 11.1. The van der Waals surface area contributed by atoms with Gasteiger partial charge in [-0.3, -0.25) is 4.79 Å². The van der Waals surface area contributed by atoms with E-state index in [2.05, 4.69) is 36.5 Å². The lowest BCUT2D eigenvalue weighted by molar-refractivity contribution is -0.140. The molecule has 2 aromatic carbocycles. The third kappa shape index (κ3) is 5.08. The van der Waals surface area contributed by atoms with Crippen LogP contribution in [0.2, 0.25) is 0 Å². The maximum absolute atomic E-state index is 13.7. The van der Waals surface area contributed by atoms with Gasteiger partial charge in [0.15, 0.2) is 11.6 Å². The molecule has 0 unspecified atom stereocenters. The summed E-state index contributed by atoms with van der Waals surface area (Å²) >= 11 is 0. The SMILES string of the molecule is COc1cc([C@@H](C)N[C@H]2CC[C@@H](c3ccc(CC(=O)N4CC(O)C4)cc3)C2)ccc1F. The molecule has 1 amide bonds. The number of ether oxygens (including phenoxy) is 1. The van der Waals surface area contributed by atoms with Gasteiger partial charge in [-0.05, 0) is 60.9 Å². The minimum absolute atomic E-state index is 0.0783. The third-order valence-electron chi connectivity index (χ3n) is 6.61. The normalized spacial score (nSPS) is 22.3. The van der Waals surface area contributed by atoms with E-state index in [9.17, 15) is 14.3 Å². The van der Waals surface area contributed by atoms with E-state index in [1.165, 1.54) is 18.7 Å². The van der Waals surface area contributed by atoms with Crippen LogP contribution in [0.15, 0.2) is 42.5 Å². The summed E-state index contributed by atoms with van der Waals surface area (Å²) in [7, 11) is 1.48. The number of β-amino-alcohol motifs (C(OH)–C–C–N with tert-alkyl or cyclic N) is 1. The van der Waals surface area contributed by atoms with Crippen molar-refractivity contribution >= 4 is 5.91 Å². The van der Waals surface area contributed by atoms with Gasteiger partial charge in [-0.15, -0.1) is 0 Å². The summed E-state index contributed by atoms with van der Waals surface area (Å²) in [4.78, 5) is 13.9. The fourth-order valence-electron chi connectivity index (χ4n) is 4.68. The number of carbonyl (C=O) groups is 1. The average Bonchev–Trinajstić information content (AvgIpc) is 3.20. The number of aliphatic hydroxyl groups excluding tert-OH is 1. The largest absolute Gasteiger partial charge is 0.494 e. The van der Waals surface area contributed by atoms with Crippen LogP contribution in [0, 0.1) is 5.82 Å². The first-order valence-corrected chi connectivity index (χ1v) is 11.1. The molecule has 1 saturated heterocycles. The maximum Gasteiger partial charge on any atom is 0.227 e. The Hall–Kier alpha value is -2.44. The van der Waals surface area contributed by atoms with Crippen LogP contribution in [0.4, 0.5) is 4.39 Å². The molecule has 2 fully saturated rings. The van der Waals surface area contributed by atoms with Gasteiger partial charge in [0.25, 0.3) is 0 Å². The van der Waals surface area contributed by atoms with Crippen molar-refractivity contribution in [3.63, 3.8) is 0 Å². The van der Waals surface area contributed by atoms with Gasteiger partial charge >= 0.3 is 0 Å². The second-order valence-corrected chi connectivity index (χ2v) is 8.86. The van der Waals surface area contributed by atoms with Crippen molar-refractivity contribution < 1.29 is 19.0 Å². The average molecular weight is 427 g/mol. The van der Waals surface area contributed by atoms with Crippen LogP contribution in [0.1, 0.15) is 54.8 Å². The molecule has 2 aliphatic rings. The molecule has 31 heavy (non-hydrogen) atoms. The summed E-state index contributed by atoms with van der Waals surface area (Å²) in [6, 6.07) is 14.0. The van der Waals surface area contributed by atoms with Crippen LogP contribution < -0.4 is 10.1 Å². The highest BCUT2D eigenvalue weighted by Crippen LogP contribution is 2.36. The third-order valence-corrected chi connectivity index (χ3v) is 6.61. The van der Waals surface area contributed by atoms with Gasteiger partial charge in [-0.2, -0.15) is 0 Å². The van der Waals surface area contributed by atoms with Crippen molar-refractivity contribution in [2.24, 2.45) is 0 Å². The Morgan fingerprint density at radius 1 is 1.23 bits per heavy atom. The lowest BCUT2D eigenvalue weighted by Crippen LogP contribution is -2.53. The molecule has 166 valence electrons. The highest BCUT2D eigenvalue weighted by atomic mass is 19.1. The molecule has 0 radical (unpaired) electrons. The molecule has 1 saturated carbocycles. The van der Waals surface area contributed by atoms with E-state index < -0.39 is 0 Å². The molecular formula is C25H31FN2O3. The first kappa shape index (κ1) is 21.8. The maximum atomic E-state index is 13.7. The second kappa shape index (κ2) is 9.37. The van der Waals surface area contributed by atoms with Crippen molar-refractivity contribution in [2.75, 3.05) is 20.2 Å². The zero-order chi connectivity index (χ0) is 22.0. The van der Waals surface area contributed by atoms with Crippen molar-refractivity contribution in [1.82, 2.24) is 10.2 Å². The molecule has 5 nitrogen and oxygen atoms in total. The molecule has 4 rings (SSSR count). The topological polar surface area (TPSA) is 61.8 Å². The summed E-state index contributed by atoms with van der Waals surface area (Å²) in [5.41, 5.74) is 3.35. The number of likely N-dealkylation sites (tertiary alicyclic amines) is 1. The molecule has 6 heteroatoms. The highest BCUT2D eigenvalue weighted by Gasteiger charge is 2.29. The molecule has 2 N–H and O–H groups in total. The summed E-state index contributed by atoms with van der Waals surface area (Å²) in [5, 5.41) is 13.0. The molecule has 0 aromatic heterocycles. The molecule has 0 bridgehead atoms. The molecule has 1 aliphatic carbocycles. The summed E-state index contributed by atoms with van der Waals surface area (Å²) in [5.74, 6) is 0.517. The number of halogens is 1. The fourth-order valence-corrected chi connectivity index (χ4v) is 4.68. The first-order chi connectivity index (χ1) is 14.9. The number of benzene rings is 2. The van der Waals surface area contributed by atoms with Gasteiger partial charge in [0.1, 0.15) is 0 Å². The minimum atomic E-state index is -0.358. The van der Waals surface area contributed by atoms with Crippen molar-refractivity contribution in [3.05, 3.63) is 65.0 Å². The number of hydrogen-bond acceptors (Lipinski definition) is 4. The standard InChI is InChI=1S/C25H31FN2O3/c1-16(19-8-10-23(26)24(13-19)31-2)27-21-9-7-20(12-21)18-5-3-17(4-6-18)11-25(30)28-14-22(29)15-28/h3-6,8,10,13,16,20-22,27,29H,7,9,11-12,14-15H2,1-2H3/t16-,20-,21+/m1/s1. The number of aliphatic hydroxyl groups is 1. The van der Waals surface area contributed by atoms with Gasteiger partial charge in [-0.1, -0.05) is 30.3 Å². The summed E-state index contributed by atoms with van der Waals surface area (Å²) in [6.45, 7) is 3.01. The summed E-state index contributed by atoms with van der Waals surface area (Å²) in [6.07, 6.45) is 3.32. The van der Waals surface area contributed by atoms with Crippen LogP contribution >= 0.6 is 0 Å². The lowest BCUT2D eigenvalue weighted by atomic mass is 9.95. The van der Waals surface area contributed by atoms with E-state index in [0.717, 1.165) is 30.4 Å². The molecule has 1 heterocycles. The number of nitrogens with zero attached hydrogens (tertiary/aromatic N) is 1. The van der Waals surface area contributed by atoms with Crippen molar-refractivity contribution in [3.8, 4) is 5.75 Å². The summed E-state index contributed by atoms with van der Waals surface area (Å²) < 4.78 is 18.8. The van der Waals surface area contributed by atoms with Gasteiger partial charge < -0.3 is 20.1 Å². The second-order valence-electron chi connectivity index (χ2n) is 8.86. The number of carbonyl (C=O) groups excluding carboxylic acids is 1. The number of hydrogen-bond donors (Lipinski definition) is 2. The van der Waals surface area contributed by atoms with Gasteiger partial charge in [0.2, 0.25) is 5.91 Å². The number of nitrogens with one attached hydrogen (secondary N) is 1. The molecule has 1 aliphatic heterocycles. The van der Waals surface area contributed by atoms with E-state index in [-0.39, 0.29) is 29.6 Å².